The van der Waals surface area contributed by atoms with E-state index in [1.54, 1.807) is 21.3 Å². The zero-order chi connectivity index (χ0) is 22.1. The summed E-state index contributed by atoms with van der Waals surface area (Å²) in [6.07, 6.45) is 1.98. The van der Waals surface area contributed by atoms with E-state index in [0.717, 1.165) is 68.8 Å². The van der Waals surface area contributed by atoms with E-state index in [9.17, 15) is 0 Å². The molecule has 176 valence electrons. The molecule has 1 fully saturated rings. The highest BCUT2D eigenvalue weighted by atomic mass is 127. The Morgan fingerprint density at radius 3 is 2.19 bits per heavy atom. The normalized spacial score (nSPS) is 13.9. The van der Waals surface area contributed by atoms with E-state index in [1.807, 2.05) is 31.3 Å². The number of nitrogens with one attached hydrogen (secondary N) is 1. The van der Waals surface area contributed by atoms with Gasteiger partial charge in [0.1, 0.15) is 5.75 Å². The van der Waals surface area contributed by atoms with Crippen LogP contribution in [0.3, 0.4) is 0 Å². The van der Waals surface area contributed by atoms with E-state index in [0.29, 0.717) is 0 Å². The largest absolute Gasteiger partial charge is 0.497 e. The maximum Gasteiger partial charge on any atom is 0.193 e. The van der Waals surface area contributed by atoms with Gasteiger partial charge in [-0.2, -0.15) is 0 Å². The lowest BCUT2D eigenvalue weighted by atomic mass is 10.1. The second-order valence-corrected chi connectivity index (χ2v) is 7.44. The van der Waals surface area contributed by atoms with Crippen LogP contribution >= 0.6 is 24.0 Å². The number of halogens is 1. The third kappa shape index (κ3) is 6.82. The number of hydrogen-bond donors (Lipinski definition) is 1. The van der Waals surface area contributed by atoms with Crippen molar-refractivity contribution >= 4 is 35.6 Å². The highest BCUT2D eigenvalue weighted by Gasteiger charge is 2.19. The van der Waals surface area contributed by atoms with Gasteiger partial charge in [-0.25, -0.2) is 0 Å². The van der Waals surface area contributed by atoms with Gasteiger partial charge in [0.15, 0.2) is 17.5 Å². The summed E-state index contributed by atoms with van der Waals surface area (Å²) >= 11 is 0. The number of aliphatic imine (C=N–C) groups is 1. The second-order valence-electron chi connectivity index (χ2n) is 7.44. The van der Waals surface area contributed by atoms with Crippen LogP contribution in [0.25, 0.3) is 0 Å². The first-order valence-corrected chi connectivity index (χ1v) is 10.7. The molecule has 0 aromatic heterocycles. The number of ether oxygens (including phenoxy) is 3. The van der Waals surface area contributed by atoms with Crippen LogP contribution in [0.2, 0.25) is 0 Å². The minimum absolute atomic E-state index is 0. The SMILES string of the molecule is CN=C(NCCCc1ccc(OC)c(OC)c1)N1CCN(c2ccc(OC)cc2)CC1.I. The van der Waals surface area contributed by atoms with E-state index in [-0.39, 0.29) is 24.0 Å². The Kier molecular flexibility index (Phi) is 10.7. The van der Waals surface area contributed by atoms with Crippen LogP contribution in [0.1, 0.15) is 12.0 Å². The number of rotatable bonds is 8. The molecule has 0 radical (unpaired) electrons. The molecule has 1 N–H and O–H groups in total. The Bertz CT molecular complexity index is 853. The first-order valence-electron chi connectivity index (χ1n) is 10.7. The summed E-state index contributed by atoms with van der Waals surface area (Å²) in [5.41, 5.74) is 2.47. The van der Waals surface area contributed by atoms with Crippen molar-refractivity contribution in [1.82, 2.24) is 10.2 Å². The van der Waals surface area contributed by atoms with Gasteiger partial charge in [0, 0.05) is 45.5 Å². The Morgan fingerprint density at radius 1 is 0.906 bits per heavy atom. The number of hydrogen-bond acceptors (Lipinski definition) is 5. The van der Waals surface area contributed by atoms with Gasteiger partial charge in [0.2, 0.25) is 0 Å². The topological polar surface area (TPSA) is 58.6 Å². The minimum atomic E-state index is 0. The van der Waals surface area contributed by atoms with Gasteiger partial charge in [-0.3, -0.25) is 4.99 Å². The first-order chi connectivity index (χ1) is 15.2. The van der Waals surface area contributed by atoms with E-state index in [1.165, 1.54) is 11.3 Å². The molecule has 0 atom stereocenters. The summed E-state index contributed by atoms with van der Waals surface area (Å²) in [4.78, 5) is 9.22. The van der Waals surface area contributed by atoms with E-state index < -0.39 is 0 Å². The fraction of sp³-hybridized carbons (Fsp3) is 0.458. The summed E-state index contributed by atoms with van der Waals surface area (Å²) in [6.45, 7) is 4.71. The Morgan fingerprint density at radius 2 is 1.59 bits per heavy atom. The molecule has 1 aliphatic rings. The summed E-state index contributed by atoms with van der Waals surface area (Å²) in [6, 6.07) is 14.4. The second kappa shape index (κ2) is 13.2. The fourth-order valence-corrected chi connectivity index (χ4v) is 3.83. The van der Waals surface area contributed by atoms with Crippen molar-refractivity contribution in [2.45, 2.75) is 12.8 Å². The molecule has 2 aromatic carbocycles. The summed E-state index contributed by atoms with van der Waals surface area (Å²) in [7, 11) is 6.87. The maximum absolute atomic E-state index is 5.39. The molecule has 1 heterocycles. The molecule has 0 unspecified atom stereocenters. The highest BCUT2D eigenvalue weighted by molar-refractivity contribution is 14.0. The number of methoxy groups -OCH3 is 3. The number of anilines is 1. The van der Waals surface area contributed by atoms with Crippen molar-refractivity contribution in [3.8, 4) is 17.2 Å². The molecule has 0 spiro atoms. The molecular formula is C24H35IN4O3. The van der Waals surface area contributed by atoms with Gasteiger partial charge < -0.3 is 29.3 Å². The van der Waals surface area contributed by atoms with Crippen LogP contribution in [0.4, 0.5) is 5.69 Å². The van der Waals surface area contributed by atoms with Crippen molar-refractivity contribution in [1.29, 1.82) is 0 Å². The predicted octanol–water partition coefficient (Wildman–Crippen LogP) is 3.66. The molecule has 0 bridgehead atoms. The molecule has 0 amide bonds. The van der Waals surface area contributed by atoms with Crippen molar-refractivity contribution in [3.63, 3.8) is 0 Å². The lowest BCUT2D eigenvalue weighted by Crippen LogP contribution is -2.52. The van der Waals surface area contributed by atoms with Gasteiger partial charge in [0.25, 0.3) is 0 Å². The number of aryl methyl sites for hydroxylation is 1. The van der Waals surface area contributed by atoms with Gasteiger partial charge in [-0.15, -0.1) is 24.0 Å². The van der Waals surface area contributed by atoms with Crippen LogP contribution in [0.5, 0.6) is 17.2 Å². The number of benzene rings is 2. The third-order valence-electron chi connectivity index (χ3n) is 5.60. The molecule has 1 saturated heterocycles. The molecule has 1 aliphatic heterocycles. The number of nitrogens with zero attached hydrogens (tertiary/aromatic N) is 3. The zero-order valence-electron chi connectivity index (χ0n) is 19.5. The summed E-state index contributed by atoms with van der Waals surface area (Å²) < 4.78 is 16.0. The highest BCUT2D eigenvalue weighted by Crippen LogP contribution is 2.28. The van der Waals surface area contributed by atoms with Gasteiger partial charge in [0.05, 0.1) is 21.3 Å². The van der Waals surface area contributed by atoms with Crippen LogP contribution in [0.15, 0.2) is 47.5 Å². The van der Waals surface area contributed by atoms with Crippen molar-refractivity contribution < 1.29 is 14.2 Å². The standard InChI is InChI=1S/C24H34N4O3.HI/c1-25-24(26-13-5-6-19-7-12-22(30-3)23(18-19)31-4)28-16-14-27(15-17-28)20-8-10-21(29-2)11-9-20;/h7-12,18H,5-6,13-17H2,1-4H3,(H,25,26);1H. The molecular weight excluding hydrogens is 519 g/mol. The smallest absolute Gasteiger partial charge is 0.193 e. The van der Waals surface area contributed by atoms with Crippen LogP contribution < -0.4 is 24.4 Å². The maximum atomic E-state index is 5.39. The molecule has 3 rings (SSSR count). The molecule has 32 heavy (non-hydrogen) atoms. The monoisotopic (exact) mass is 554 g/mol. The quantitative estimate of drug-likeness (QED) is 0.233. The Hall–Kier alpha value is -2.36. The lowest BCUT2D eigenvalue weighted by Gasteiger charge is -2.37. The van der Waals surface area contributed by atoms with Crippen LogP contribution in [0, 0.1) is 0 Å². The summed E-state index contributed by atoms with van der Waals surface area (Å²) in [5.74, 6) is 3.40. The molecule has 0 saturated carbocycles. The molecule has 8 heteroatoms. The first kappa shape index (κ1) is 25.9. The summed E-state index contributed by atoms with van der Waals surface area (Å²) in [5, 5.41) is 3.52. The van der Waals surface area contributed by atoms with E-state index in [4.69, 9.17) is 14.2 Å². The van der Waals surface area contributed by atoms with Crippen LogP contribution in [-0.2, 0) is 6.42 Å². The van der Waals surface area contributed by atoms with Crippen molar-refractivity contribution in [2.24, 2.45) is 4.99 Å². The zero-order valence-corrected chi connectivity index (χ0v) is 21.8. The van der Waals surface area contributed by atoms with Gasteiger partial charge in [-0.05, 0) is 54.8 Å². The van der Waals surface area contributed by atoms with E-state index >= 15 is 0 Å². The van der Waals surface area contributed by atoms with E-state index in [2.05, 4.69) is 38.3 Å². The third-order valence-corrected chi connectivity index (χ3v) is 5.60. The molecule has 7 nitrogen and oxygen atoms in total. The van der Waals surface area contributed by atoms with Gasteiger partial charge >= 0.3 is 0 Å². The average molecular weight is 554 g/mol. The van der Waals surface area contributed by atoms with Crippen molar-refractivity contribution in [3.05, 3.63) is 48.0 Å². The Labute approximate surface area is 208 Å². The number of piperazine rings is 1. The predicted molar refractivity (Wildman–Crippen MR) is 141 cm³/mol. The van der Waals surface area contributed by atoms with Gasteiger partial charge in [-0.1, -0.05) is 6.07 Å². The van der Waals surface area contributed by atoms with Crippen molar-refractivity contribution in [2.75, 3.05) is 66.0 Å². The average Bonchev–Trinajstić information content (AvgIpc) is 2.84. The Balaban J connectivity index is 0.00000363. The molecule has 0 aliphatic carbocycles. The van der Waals surface area contributed by atoms with Crippen LogP contribution in [-0.4, -0.2) is 72.0 Å². The molecule has 2 aromatic rings. The lowest BCUT2D eigenvalue weighted by molar-refractivity contribution is 0.354. The number of guanidine groups is 1. The minimum Gasteiger partial charge on any atom is -0.497 e. The fourth-order valence-electron chi connectivity index (χ4n) is 3.83.